The van der Waals surface area contributed by atoms with Crippen LogP contribution < -0.4 is 0 Å². The van der Waals surface area contributed by atoms with E-state index in [1.54, 1.807) is 12.1 Å². The van der Waals surface area contributed by atoms with Gasteiger partial charge in [0.25, 0.3) is 0 Å². The molecule has 5 nitrogen and oxygen atoms in total. The summed E-state index contributed by atoms with van der Waals surface area (Å²) in [4.78, 5) is 10.2. The van der Waals surface area contributed by atoms with Crippen LogP contribution in [0, 0.1) is 22.7 Å². The summed E-state index contributed by atoms with van der Waals surface area (Å²) in [5.41, 5.74) is 0.690. The second-order valence-electron chi connectivity index (χ2n) is 2.46. The van der Waals surface area contributed by atoms with E-state index in [9.17, 15) is 4.79 Å². The van der Waals surface area contributed by atoms with Gasteiger partial charge in [0.1, 0.15) is 5.75 Å². The molecule has 0 heterocycles. The number of nitriles is 2. The van der Waals surface area contributed by atoms with Crippen molar-refractivity contribution in [2.45, 2.75) is 6.42 Å². The molecule has 0 amide bonds. The van der Waals surface area contributed by atoms with Gasteiger partial charge in [-0.3, -0.25) is 4.79 Å². The van der Waals surface area contributed by atoms with Crippen LogP contribution in [0.15, 0.2) is 24.3 Å². The molecule has 76 valence electrons. The van der Waals surface area contributed by atoms with E-state index in [1.807, 2.05) is 0 Å². The number of phenols is 1. The summed E-state index contributed by atoms with van der Waals surface area (Å²) in [7, 11) is 0. The fourth-order valence-electron chi connectivity index (χ4n) is 0.788. The second-order valence-corrected chi connectivity index (χ2v) is 2.46. The van der Waals surface area contributed by atoms with E-state index in [0.717, 1.165) is 0 Å². The van der Waals surface area contributed by atoms with E-state index in [2.05, 4.69) is 0 Å². The molecular weight excluding hydrogens is 196 g/mol. The van der Waals surface area contributed by atoms with Crippen molar-refractivity contribution < 1.29 is 15.0 Å². The van der Waals surface area contributed by atoms with Crippen LogP contribution in [0.5, 0.6) is 5.75 Å². The molecule has 0 aliphatic rings. The Kier molecular flexibility index (Phi) is 5.76. The molecule has 0 aliphatic heterocycles. The molecule has 0 fully saturated rings. The van der Waals surface area contributed by atoms with Gasteiger partial charge in [-0.1, -0.05) is 12.1 Å². The molecule has 0 bridgehead atoms. The molecule has 0 saturated carbocycles. The third-order valence-electron chi connectivity index (χ3n) is 1.34. The Balaban J connectivity index is 0.000000423. The maximum atomic E-state index is 10.2. The van der Waals surface area contributed by atoms with Crippen LogP contribution >= 0.6 is 0 Å². The van der Waals surface area contributed by atoms with Crippen molar-refractivity contribution in [3.63, 3.8) is 0 Å². The smallest absolute Gasteiger partial charge is 0.307 e. The number of rotatable bonds is 2. The van der Waals surface area contributed by atoms with Crippen molar-refractivity contribution in [3.05, 3.63) is 29.8 Å². The number of carboxylic acids is 1. The van der Waals surface area contributed by atoms with Gasteiger partial charge in [0, 0.05) is 0 Å². The van der Waals surface area contributed by atoms with Gasteiger partial charge >= 0.3 is 5.97 Å². The molecule has 0 radical (unpaired) electrons. The molecule has 5 heteroatoms. The number of aromatic hydroxyl groups is 1. The summed E-state index contributed by atoms with van der Waals surface area (Å²) < 4.78 is 0. The van der Waals surface area contributed by atoms with Crippen molar-refractivity contribution in [1.82, 2.24) is 0 Å². The van der Waals surface area contributed by atoms with Gasteiger partial charge in [-0.05, 0) is 17.7 Å². The maximum Gasteiger partial charge on any atom is 0.307 e. The van der Waals surface area contributed by atoms with Crippen LogP contribution in [0.3, 0.4) is 0 Å². The molecule has 1 aromatic rings. The molecule has 1 rings (SSSR count). The fraction of sp³-hybridized carbons (Fsp3) is 0.100. The zero-order valence-electron chi connectivity index (χ0n) is 7.71. The fourth-order valence-corrected chi connectivity index (χ4v) is 0.788. The summed E-state index contributed by atoms with van der Waals surface area (Å²) in [5.74, 6) is -0.713. The van der Waals surface area contributed by atoms with E-state index in [-0.39, 0.29) is 12.2 Å². The standard InChI is InChI=1S/C8H8O3.C2N2/c9-7-3-1-6(2-4-7)5-8(10)11;3-1-2-4/h1-4,9H,5H2,(H,10,11);. The van der Waals surface area contributed by atoms with Gasteiger partial charge in [0.05, 0.1) is 6.42 Å². The number of carboxylic acid groups (broad SMARTS) is 1. The molecule has 2 N–H and O–H groups in total. The number of benzene rings is 1. The van der Waals surface area contributed by atoms with Crippen molar-refractivity contribution in [2.75, 3.05) is 0 Å². The van der Waals surface area contributed by atoms with Gasteiger partial charge in [-0.15, -0.1) is 0 Å². The predicted octanol–water partition coefficient (Wildman–Crippen LogP) is 1.05. The lowest BCUT2D eigenvalue weighted by Crippen LogP contribution is -1.98. The van der Waals surface area contributed by atoms with Crippen molar-refractivity contribution in [1.29, 1.82) is 10.5 Å². The lowest BCUT2D eigenvalue weighted by atomic mass is 10.1. The van der Waals surface area contributed by atoms with E-state index < -0.39 is 5.97 Å². The molecule has 0 spiro atoms. The van der Waals surface area contributed by atoms with Crippen molar-refractivity contribution >= 4 is 5.97 Å². The van der Waals surface area contributed by atoms with Gasteiger partial charge in [0.2, 0.25) is 0 Å². The van der Waals surface area contributed by atoms with E-state index in [4.69, 9.17) is 20.7 Å². The molecule has 0 unspecified atom stereocenters. The number of phenolic OH excluding ortho intramolecular Hbond substituents is 1. The summed E-state index contributed by atoms with van der Waals surface area (Å²) in [6.07, 6.45) is 0.000278. The van der Waals surface area contributed by atoms with Crippen molar-refractivity contribution in [2.24, 2.45) is 0 Å². The van der Waals surface area contributed by atoms with Crippen LogP contribution in [0.25, 0.3) is 0 Å². The van der Waals surface area contributed by atoms with Crippen molar-refractivity contribution in [3.8, 4) is 17.9 Å². The summed E-state index contributed by atoms with van der Waals surface area (Å²) in [6, 6.07) is 8.59. The zero-order chi connectivity index (χ0) is 11.7. The molecule has 0 atom stereocenters. The minimum atomic E-state index is -0.865. The Bertz CT molecular complexity index is 386. The third-order valence-corrected chi connectivity index (χ3v) is 1.34. The molecule has 1 aromatic carbocycles. The number of carbonyl (C=O) groups is 1. The van der Waals surface area contributed by atoms with Crippen LogP contribution in [-0.2, 0) is 11.2 Å². The number of hydrogen-bond donors (Lipinski definition) is 2. The number of hydrogen-bond acceptors (Lipinski definition) is 4. The zero-order valence-corrected chi connectivity index (χ0v) is 7.71. The Morgan fingerprint density at radius 1 is 1.20 bits per heavy atom. The highest BCUT2D eigenvalue weighted by Crippen LogP contribution is 2.09. The molecule has 0 saturated heterocycles. The predicted molar refractivity (Wildman–Crippen MR) is 50.7 cm³/mol. The Labute approximate surface area is 86.4 Å². The van der Waals surface area contributed by atoms with Crippen LogP contribution in [-0.4, -0.2) is 16.2 Å². The Morgan fingerprint density at radius 3 is 2.00 bits per heavy atom. The summed E-state index contributed by atoms with van der Waals surface area (Å²) >= 11 is 0. The Morgan fingerprint density at radius 2 is 1.67 bits per heavy atom. The first-order chi connectivity index (χ1) is 7.10. The first kappa shape index (κ1) is 12.5. The highest BCUT2D eigenvalue weighted by atomic mass is 16.4. The van der Waals surface area contributed by atoms with Gasteiger partial charge in [-0.2, -0.15) is 10.5 Å². The third kappa shape index (κ3) is 6.62. The quantitative estimate of drug-likeness (QED) is 0.749. The van der Waals surface area contributed by atoms with Gasteiger partial charge in [-0.25, -0.2) is 0 Å². The first-order valence-corrected chi connectivity index (χ1v) is 3.88. The lowest BCUT2D eigenvalue weighted by molar-refractivity contribution is -0.136. The van der Waals surface area contributed by atoms with Crippen LogP contribution in [0.1, 0.15) is 5.56 Å². The minimum absolute atomic E-state index is 0.000278. The molecular formula is C10H8N2O3. The number of nitrogens with zero attached hydrogens (tertiary/aromatic N) is 2. The average Bonchev–Trinajstić information content (AvgIpc) is 2.21. The Hall–Kier alpha value is -2.53. The average molecular weight is 204 g/mol. The van der Waals surface area contributed by atoms with Crippen LogP contribution in [0.2, 0.25) is 0 Å². The summed E-state index contributed by atoms with van der Waals surface area (Å²) in [5, 5.41) is 31.7. The highest BCUT2D eigenvalue weighted by Gasteiger charge is 1.98. The van der Waals surface area contributed by atoms with E-state index in [0.29, 0.717) is 5.56 Å². The molecule has 15 heavy (non-hydrogen) atoms. The normalized spacial score (nSPS) is 7.60. The first-order valence-electron chi connectivity index (χ1n) is 3.88. The van der Waals surface area contributed by atoms with Gasteiger partial charge < -0.3 is 10.2 Å². The lowest BCUT2D eigenvalue weighted by Gasteiger charge is -1.95. The van der Waals surface area contributed by atoms with Gasteiger partial charge in [0.15, 0.2) is 12.1 Å². The monoisotopic (exact) mass is 204 g/mol. The molecule has 0 aromatic heterocycles. The highest BCUT2D eigenvalue weighted by molar-refractivity contribution is 5.70. The van der Waals surface area contributed by atoms with Crippen LogP contribution in [0.4, 0.5) is 0 Å². The summed E-state index contributed by atoms with van der Waals surface area (Å²) in [6.45, 7) is 0. The SMILES string of the molecule is N#CC#N.O=C(O)Cc1ccc(O)cc1. The minimum Gasteiger partial charge on any atom is -0.508 e. The largest absolute Gasteiger partial charge is 0.508 e. The van der Waals surface area contributed by atoms with E-state index >= 15 is 0 Å². The van der Waals surface area contributed by atoms with E-state index in [1.165, 1.54) is 24.3 Å². The maximum absolute atomic E-state index is 10.2. The molecule has 0 aliphatic carbocycles. The topological polar surface area (TPSA) is 105 Å². The second kappa shape index (κ2) is 6.93. The number of aliphatic carboxylic acids is 1.